The minimum atomic E-state index is 0.00190. The summed E-state index contributed by atoms with van der Waals surface area (Å²) in [5.74, 6) is 0.00190. The van der Waals surface area contributed by atoms with E-state index in [9.17, 15) is 4.79 Å². The molecule has 22 heavy (non-hydrogen) atoms. The van der Waals surface area contributed by atoms with Crippen molar-refractivity contribution in [3.63, 3.8) is 0 Å². The molecule has 0 saturated heterocycles. The lowest BCUT2D eigenvalue weighted by Gasteiger charge is -2.27. The van der Waals surface area contributed by atoms with Crippen molar-refractivity contribution in [3.8, 4) is 0 Å². The topological polar surface area (TPSA) is 71.9 Å². The number of hydrogen-bond donors (Lipinski definition) is 0. The third-order valence-corrected chi connectivity index (χ3v) is 3.86. The molecule has 1 aromatic carbocycles. The summed E-state index contributed by atoms with van der Waals surface area (Å²) in [6, 6.07) is 5.43. The zero-order chi connectivity index (χ0) is 14.9. The van der Waals surface area contributed by atoms with Crippen LogP contribution in [0.1, 0.15) is 21.6 Å². The molecule has 6 nitrogen and oxygen atoms in total. The van der Waals surface area contributed by atoms with Gasteiger partial charge in [0.25, 0.3) is 5.91 Å². The molecule has 6 heteroatoms. The number of rotatable bonds is 1. The molecule has 0 unspecified atom stereocenters. The Kier molecular flexibility index (Phi) is 3.00. The van der Waals surface area contributed by atoms with Crippen LogP contribution in [0.4, 0.5) is 0 Å². The number of nitrogens with zero attached hydrogens (tertiary/aromatic N) is 5. The zero-order valence-electron chi connectivity index (χ0n) is 11.8. The molecule has 0 N–H and O–H groups in total. The van der Waals surface area contributed by atoms with Crippen LogP contribution in [0.3, 0.4) is 0 Å². The van der Waals surface area contributed by atoms with Gasteiger partial charge in [0, 0.05) is 49.2 Å². The largest absolute Gasteiger partial charge is 0.334 e. The van der Waals surface area contributed by atoms with Crippen molar-refractivity contribution in [3.05, 3.63) is 59.9 Å². The molecule has 3 aromatic rings. The van der Waals surface area contributed by atoms with Gasteiger partial charge in [0.15, 0.2) is 0 Å². The summed E-state index contributed by atoms with van der Waals surface area (Å²) in [5, 5.41) is 0. The minimum Gasteiger partial charge on any atom is -0.334 e. The van der Waals surface area contributed by atoms with Crippen molar-refractivity contribution in [1.82, 2.24) is 24.8 Å². The van der Waals surface area contributed by atoms with Crippen LogP contribution in [-0.2, 0) is 13.0 Å². The number of hydrogen-bond acceptors (Lipinski definition) is 5. The quantitative estimate of drug-likeness (QED) is 0.681. The normalized spacial score (nSPS) is 13.9. The van der Waals surface area contributed by atoms with Gasteiger partial charge in [-0.05, 0) is 18.2 Å². The van der Waals surface area contributed by atoms with Gasteiger partial charge in [-0.1, -0.05) is 0 Å². The summed E-state index contributed by atoms with van der Waals surface area (Å²) in [6.07, 6.45) is 7.37. The van der Waals surface area contributed by atoms with E-state index in [1.165, 1.54) is 0 Å². The van der Waals surface area contributed by atoms with Crippen LogP contribution >= 0.6 is 0 Å². The predicted molar refractivity (Wildman–Crippen MR) is 80.0 cm³/mol. The number of carbonyl (C=O) groups excluding carboxylic acids is 1. The smallest absolute Gasteiger partial charge is 0.254 e. The molecule has 4 rings (SSSR count). The number of benzene rings is 1. The maximum Gasteiger partial charge on any atom is 0.254 e. The Bertz CT molecular complexity index is 864. The van der Waals surface area contributed by atoms with Crippen molar-refractivity contribution in [2.75, 3.05) is 6.54 Å². The van der Waals surface area contributed by atoms with Gasteiger partial charge >= 0.3 is 0 Å². The Morgan fingerprint density at radius 3 is 2.86 bits per heavy atom. The Morgan fingerprint density at radius 2 is 1.95 bits per heavy atom. The lowest BCUT2D eigenvalue weighted by atomic mass is 10.1. The Morgan fingerprint density at radius 1 is 1.09 bits per heavy atom. The predicted octanol–water partition coefficient (Wildman–Crippen LogP) is 1.62. The average molecular weight is 291 g/mol. The summed E-state index contributed by atoms with van der Waals surface area (Å²) in [5.41, 5.74) is 4.20. The third kappa shape index (κ3) is 2.18. The first-order valence-electron chi connectivity index (χ1n) is 7.09. The van der Waals surface area contributed by atoms with Crippen LogP contribution < -0.4 is 0 Å². The van der Waals surface area contributed by atoms with E-state index in [0.717, 1.165) is 28.7 Å². The van der Waals surface area contributed by atoms with E-state index in [2.05, 4.69) is 19.9 Å². The average Bonchev–Trinajstić information content (AvgIpc) is 2.60. The van der Waals surface area contributed by atoms with Crippen LogP contribution in [-0.4, -0.2) is 37.3 Å². The lowest BCUT2D eigenvalue weighted by molar-refractivity contribution is 0.0733. The maximum atomic E-state index is 12.7. The van der Waals surface area contributed by atoms with Crippen molar-refractivity contribution in [2.24, 2.45) is 0 Å². The fraction of sp³-hybridized carbons (Fsp3) is 0.188. The van der Waals surface area contributed by atoms with Crippen molar-refractivity contribution >= 4 is 16.9 Å². The molecule has 0 aliphatic carbocycles. The fourth-order valence-corrected chi connectivity index (χ4v) is 2.72. The molecule has 1 aliphatic rings. The molecule has 1 aliphatic heterocycles. The highest BCUT2D eigenvalue weighted by Gasteiger charge is 2.22. The highest BCUT2D eigenvalue weighted by atomic mass is 16.2. The highest BCUT2D eigenvalue weighted by molar-refractivity contribution is 5.97. The van der Waals surface area contributed by atoms with E-state index in [1.54, 1.807) is 37.1 Å². The molecular formula is C16H13N5O. The minimum absolute atomic E-state index is 0.00190. The van der Waals surface area contributed by atoms with Gasteiger partial charge in [-0.15, -0.1) is 0 Å². The number of carbonyl (C=O) groups is 1. The molecule has 0 bridgehead atoms. The molecule has 0 fully saturated rings. The first-order valence-corrected chi connectivity index (χ1v) is 7.09. The van der Waals surface area contributed by atoms with Crippen molar-refractivity contribution in [1.29, 1.82) is 0 Å². The summed E-state index contributed by atoms with van der Waals surface area (Å²) in [6.45, 7) is 1.22. The first kappa shape index (κ1) is 12.8. The molecule has 108 valence electrons. The molecular weight excluding hydrogens is 278 g/mol. The Hall–Kier alpha value is -2.89. The number of amides is 1. The van der Waals surface area contributed by atoms with Crippen LogP contribution in [0.5, 0.6) is 0 Å². The van der Waals surface area contributed by atoms with Crippen LogP contribution in [0.15, 0.2) is 43.1 Å². The van der Waals surface area contributed by atoms with E-state index >= 15 is 0 Å². The van der Waals surface area contributed by atoms with E-state index in [4.69, 9.17) is 0 Å². The summed E-state index contributed by atoms with van der Waals surface area (Å²) < 4.78 is 0. The zero-order valence-corrected chi connectivity index (χ0v) is 11.8. The third-order valence-electron chi connectivity index (χ3n) is 3.86. The fourth-order valence-electron chi connectivity index (χ4n) is 2.72. The van der Waals surface area contributed by atoms with Gasteiger partial charge in [-0.25, -0.2) is 9.97 Å². The summed E-state index contributed by atoms with van der Waals surface area (Å²) in [4.78, 5) is 31.3. The van der Waals surface area contributed by atoms with Crippen molar-refractivity contribution in [2.45, 2.75) is 13.0 Å². The van der Waals surface area contributed by atoms with Gasteiger partial charge in [0.2, 0.25) is 0 Å². The second-order valence-corrected chi connectivity index (χ2v) is 5.23. The standard InChI is InChI=1S/C16H13N5O/c22-16(11-1-2-14-15(7-11)19-5-4-18-14)21-6-3-13-12(9-21)8-17-10-20-13/h1-2,4-5,7-8,10H,3,6,9H2. The monoisotopic (exact) mass is 291 g/mol. The van der Waals surface area contributed by atoms with Gasteiger partial charge in [0.05, 0.1) is 16.7 Å². The van der Waals surface area contributed by atoms with E-state index in [1.807, 2.05) is 11.0 Å². The first-order chi connectivity index (χ1) is 10.8. The second kappa shape index (κ2) is 5.14. The molecule has 2 aromatic heterocycles. The molecule has 0 saturated carbocycles. The molecule has 1 amide bonds. The van der Waals surface area contributed by atoms with E-state index < -0.39 is 0 Å². The number of fused-ring (bicyclic) bond motifs is 2. The van der Waals surface area contributed by atoms with Crippen LogP contribution in [0.25, 0.3) is 11.0 Å². The summed E-state index contributed by atoms with van der Waals surface area (Å²) in [7, 11) is 0. The molecule has 3 heterocycles. The summed E-state index contributed by atoms with van der Waals surface area (Å²) >= 11 is 0. The van der Waals surface area contributed by atoms with E-state index in [0.29, 0.717) is 18.7 Å². The molecule has 0 atom stereocenters. The van der Waals surface area contributed by atoms with Gasteiger partial charge in [0.1, 0.15) is 6.33 Å². The molecule has 0 spiro atoms. The van der Waals surface area contributed by atoms with Crippen molar-refractivity contribution < 1.29 is 4.79 Å². The SMILES string of the molecule is O=C(c1ccc2nccnc2c1)N1CCc2ncncc2C1. The highest BCUT2D eigenvalue weighted by Crippen LogP contribution is 2.19. The Labute approximate surface area is 126 Å². The van der Waals surface area contributed by atoms with Gasteiger partial charge in [-0.3, -0.25) is 14.8 Å². The van der Waals surface area contributed by atoms with Crippen LogP contribution in [0.2, 0.25) is 0 Å². The van der Waals surface area contributed by atoms with E-state index in [-0.39, 0.29) is 5.91 Å². The molecule has 0 radical (unpaired) electrons. The van der Waals surface area contributed by atoms with Gasteiger partial charge < -0.3 is 4.90 Å². The second-order valence-electron chi connectivity index (χ2n) is 5.23. The van der Waals surface area contributed by atoms with Gasteiger partial charge in [-0.2, -0.15) is 0 Å². The number of aromatic nitrogens is 4. The van der Waals surface area contributed by atoms with Crippen LogP contribution in [0, 0.1) is 0 Å². The maximum absolute atomic E-state index is 12.7. The Balaban J connectivity index is 1.64. The lowest BCUT2D eigenvalue weighted by Crippen LogP contribution is -2.36.